The first-order chi connectivity index (χ1) is 13.3. The lowest BCUT2D eigenvalue weighted by Crippen LogP contribution is -2.48. The highest BCUT2D eigenvalue weighted by Crippen LogP contribution is 2.20. The Morgan fingerprint density at radius 2 is 1.75 bits per heavy atom. The van der Waals surface area contributed by atoms with E-state index in [9.17, 15) is 9.18 Å². The van der Waals surface area contributed by atoms with Crippen LogP contribution in [0.5, 0.6) is 0 Å². The van der Waals surface area contributed by atoms with Crippen molar-refractivity contribution in [3.8, 4) is 0 Å². The molecule has 28 heavy (non-hydrogen) atoms. The third-order valence-corrected chi connectivity index (χ3v) is 5.56. The third-order valence-electron chi connectivity index (χ3n) is 5.27. The van der Waals surface area contributed by atoms with E-state index in [0.29, 0.717) is 18.2 Å². The van der Waals surface area contributed by atoms with Crippen molar-refractivity contribution in [1.29, 1.82) is 0 Å². The summed E-state index contributed by atoms with van der Waals surface area (Å²) in [7, 11) is 1.73. The number of benzene rings is 2. The Balaban J connectivity index is 1.61. The van der Waals surface area contributed by atoms with Gasteiger partial charge in [0, 0.05) is 57.1 Å². The second-order valence-corrected chi connectivity index (χ2v) is 7.98. The zero-order valence-electron chi connectivity index (χ0n) is 16.7. The van der Waals surface area contributed by atoms with Crippen molar-refractivity contribution in [2.24, 2.45) is 0 Å². The zero-order chi connectivity index (χ0) is 20.3. The van der Waals surface area contributed by atoms with Crippen LogP contribution >= 0.6 is 11.6 Å². The molecule has 4 nitrogen and oxygen atoms in total. The van der Waals surface area contributed by atoms with Gasteiger partial charge in [-0.2, -0.15) is 0 Å². The molecule has 0 radical (unpaired) electrons. The molecule has 2 aromatic carbocycles. The number of rotatable bonds is 5. The van der Waals surface area contributed by atoms with Crippen LogP contribution < -0.4 is 4.90 Å². The molecule has 3 rings (SSSR count). The Labute approximate surface area is 171 Å². The predicted molar refractivity (Wildman–Crippen MR) is 113 cm³/mol. The minimum Gasteiger partial charge on any atom is -0.369 e. The van der Waals surface area contributed by atoms with Crippen molar-refractivity contribution in [3.63, 3.8) is 0 Å². The molecule has 1 aliphatic heterocycles. The normalized spacial score (nSPS) is 15.1. The van der Waals surface area contributed by atoms with Crippen molar-refractivity contribution in [1.82, 2.24) is 9.80 Å². The lowest BCUT2D eigenvalue weighted by Gasteiger charge is -2.38. The molecule has 1 amide bonds. The van der Waals surface area contributed by atoms with Gasteiger partial charge in [0.15, 0.2) is 0 Å². The van der Waals surface area contributed by atoms with Gasteiger partial charge in [0.25, 0.3) is 5.91 Å². The zero-order valence-corrected chi connectivity index (χ0v) is 17.4. The van der Waals surface area contributed by atoms with Gasteiger partial charge in [-0.15, -0.1) is 0 Å². The van der Waals surface area contributed by atoms with Gasteiger partial charge in [-0.25, -0.2) is 4.39 Å². The minimum absolute atomic E-state index is 0.0697. The fourth-order valence-corrected chi connectivity index (χ4v) is 3.72. The molecule has 0 aromatic heterocycles. The first-order valence-corrected chi connectivity index (χ1v) is 10.0. The van der Waals surface area contributed by atoms with Crippen LogP contribution in [0.1, 0.15) is 29.8 Å². The first-order valence-electron chi connectivity index (χ1n) is 9.63. The minimum atomic E-state index is -0.454. The number of amides is 1. The number of carbonyl (C=O) groups excluding carboxylic acids is 1. The molecule has 1 saturated heterocycles. The van der Waals surface area contributed by atoms with E-state index in [2.05, 4.69) is 23.6 Å². The van der Waals surface area contributed by atoms with Crippen molar-refractivity contribution in [3.05, 3.63) is 64.4 Å². The molecule has 1 heterocycles. The molecule has 0 atom stereocenters. The smallest absolute Gasteiger partial charge is 0.253 e. The molecule has 0 N–H and O–H groups in total. The van der Waals surface area contributed by atoms with Gasteiger partial charge < -0.3 is 9.80 Å². The van der Waals surface area contributed by atoms with Crippen molar-refractivity contribution in [2.75, 3.05) is 38.1 Å². The van der Waals surface area contributed by atoms with E-state index in [-0.39, 0.29) is 10.9 Å². The average molecular weight is 404 g/mol. The lowest BCUT2D eigenvalue weighted by molar-refractivity contribution is 0.0785. The Hall–Kier alpha value is -2.11. The third kappa shape index (κ3) is 4.83. The van der Waals surface area contributed by atoms with E-state index in [4.69, 9.17) is 11.6 Å². The molecule has 2 aromatic rings. The summed E-state index contributed by atoms with van der Waals surface area (Å²) in [5.74, 6) is -0.527. The molecular formula is C22H27ClFN3O. The molecule has 6 heteroatoms. The van der Waals surface area contributed by atoms with Crippen LogP contribution in [0.15, 0.2) is 42.5 Å². The van der Waals surface area contributed by atoms with Crippen LogP contribution in [-0.4, -0.2) is 55.0 Å². The quantitative estimate of drug-likeness (QED) is 0.745. The van der Waals surface area contributed by atoms with Gasteiger partial charge in [-0.3, -0.25) is 9.69 Å². The fraction of sp³-hybridized carbons (Fsp3) is 0.409. The predicted octanol–water partition coefficient (Wildman–Crippen LogP) is 4.28. The molecule has 1 aliphatic rings. The fourth-order valence-electron chi connectivity index (χ4n) is 3.52. The molecule has 0 spiro atoms. The Morgan fingerprint density at radius 3 is 2.32 bits per heavy atom. The van der Waals surface area contributed by atoms with Gasteiger partial charge in [0.1, 0.15) is 5.82 Å². The second kappa shape index (κ2) is 8.93. The molecule has 0 unspecified atom stereocenters. The van der Waals surface area contributed by atoms with Gasteiger partial charge in [0.05, 0.1) is 5.02 Å². The maximum Gasteiger partial charge on any atom is 0.253 e. The van der Waals surface area contributed by atoms with Gasteiger partial charge in [-0.05, 0) is 55.8 Å². The SMILES string of the molecule is CC(C)N1CCN(c2ccc(C(=O)N(C)Cc3ccc(F)c(Cl)c3)cc2)CC1. The molecule has 0 bridgehead atoms. The van der Waals surface area contributed by atoms with E-state index in [0.717, 1.165) is 37.4 Å². The number of halogens is 2. The largest absolute Gasteiger partial charge is 0.369 e. The average Bonchev–Trinajstić information content (AvgIpc) is 2.70. The summed E-state index contributed by atoms with van der Waals surface area (Å²) in [6.45, 7) is 8.94. The maximum absolute atomic E-state index is 13.3. The van der Waals surface area contributed by atoms with E-state index < -0.39 is 5.82 Å². The highest BCUT2D eigenvalue weighted by atomic mass is 35.5. The van der Waals surface area contributed by atoms with Gasteiger partial charge in [-0.1, -0.05) is 17.7 Å². The number of hydrogen-bond donors (Lipinski definition) is 0. The summed E-state index contributed by atoms with van der Waals surface area (Å²) < 4.78 is 13.3. The van der Waals surface area contributed by atoms with E-state index >= 15 is 0 Å². The molecule has 0 saturated carbocycles. The number of nitrogens with zero attached hydrogens (tertiary/aromatic N) is 3. The van der Waals surface area contributed by atoms with Crippen molar-refractivity contribution in [2.45, 2.75) is 26.4 Å². The van der Waals surface area contributed by atoms with E-state index in [1.807, 2.05) is 24.3 Å². The Kier molecular flexibility index (Phi) is 6.57. The summed E-state index contributed by atoms with van der Waals surface area (Å²) in [6, 6.07) is 12.9. The molecule has 0 aliphatic carbocycles. The Bertz CT molecular complexity index is 817. The number of hydrogen-bond acceptors (Lipinski definition) is 3. The molecule has 150 valence electrons. The lowest BCUT2D eigenvalue weighted by atomic mass is 10.1. The Morgan fingerprint density at radius 1 is 1.11 bits per heavy atom. The summed E-state index contributed by atoms with van der Waals surface area (Å²) >= 11 is 5.83. The maximum atomic E-state index is 13.3. The van der Waals surface area contributed by atoms with Crippen LogP contribution in [0.2, 0.25) is 5.02 Å². The monoisotopic (exact) mass is 403 g/mol. The van der Waals surface area contributed by atoms with Crippen LogP contribution in [0.3, 0.4) is 0 Å². The highest BCUT2D eigenvalue weighted by Gasteiger charge is 2.19. The van der Waals surface area contributed by atoms with Gasteiger partial charge in [0.2, 0.25) is 0 Å². The second-order valence-electron chi connectivity index (χ2n) is 7.57. The number of anilines is 1. The van der Waals surface area contributed by atoms with Crippen LogP contribution in [-0.2, 0) is 6.54 Å². The summed E-state index contributed by atoms with van der Waals surface area (Å²) in [4.78, 5) is 19.2. The molecule has 1 fully saturated rings. The van der Waals surface area contributed by atoms with E-state index in [1.54, 1.807) is 24.1 Å². The number of carbonyl (C=O) groups is 1. The highest BCUT2D eigenvalue weighted by molar-refractivity contribution is 6.30. The number of piperazine rings is 1. The van der Waals surface area contributed by atoms with Gasteiger partial charge >= 0.3 is 0 Å². The van der Waals surface area contributed by atoms with Crippen LogP contribution in [0.25, 0.3) is 0 Å². The van der Waals surface area contributed by atoms with E-state index in [1.165, 1.54) is 6.07 Å². The molecular weight excluding hydrogens is 377 g/mol. The van der Waals surface area contributed by atoms with Crippen LogP contribution in [0, 0.1) is 5.82 Å². The standard InChI is InChI=1S/C22H27ClFN3O/c1-16(2)26-10-12-27(13-11-26)19-7-5-18(6-8-19)22(28)25(3)15-17-4-9-21(24)20(23)14-17/h4-9,14,16H,10-13,15H2,1-3H3. The van der Waals surface area contributed by atoms with Crippen molar-refractivity contribution >= 4 is 23.2 Å². The summed E-state index contributed by atoms with van der Waals surface area (Å²) in [5, 5.41) is 0.0697. The van der Waals surface area contributed by atoms with Crippen LogP contribution in [0.4, 0.5) is 10.1 Å². The summed E-state index contributed by atoms with van der Waals surface area (Å²) in [5.41, 5.74) is 2.58. The van der Waals surface area contributed by atoms with Crippen molar-refractivity contribution < 1.29 is 9.18 Å². The summed E-state index contributed by atoms with van der Waals surface area (Å²) in [6.07, 6.45) is 0. The topological polar surface area (TPSA) is 26.8 Å². The first kappa shape index (κ1) is 20.6.